The number of pyridine rings is 1. The van der Waals surface area contributed by atoms with Crippen molar-refractivity contribution in [2.24, 2.45) is 0 Å². The highest BCUT2D eigenvalue weighted by atomic mass is 16.4. The summed E-state index contributed by atoms with van der Waals surface area (Å²) in [4.78, 5) is 17.3. The van der Waals surface area contributed by atoms with Crippen LogP contribution in [0.4, 0.5) is 0 Å². The van der Waals surface area contributed by atoms with Gasteiger partial charge in [-0.05, 0) is 31.9 Å². The number of hydrogen-bond acceptors (Lipinski definition) is 3. The summed E-state index contributed by atoms with van der Waals surface area (Å²) < 4.78 is 0. The molecule has 0 aliphatic heterocycles. The van der Waals surface area contributed by atoms with E-state index in [1.807, 2.05) is 25.1 Å². The first-order valence-electron chi connectivity index (χ1n) is 6.03. The van der Waals surface area contributed by atoms with E-state index >= 15 is 0 Å². The second-order valence-corrected chi connectivity index (χ2v) is 4.62. The largest absolute Gasteiger partial charge is 0.481 e. The molecule has 0 spiro atoms. The van der Waals surface area contributed by atoms with E-state index in [0.29, 0.717) is 12.6 Å². The van der Waals surface area contributed by atoms with Gasteiger partial charge < -0.3 is 5.11 Å². The van der Waals surface area contributed by atoms with Crippen molar-refractivity contribution in [1.82, 2.24) is 9.88 Å². The monoisotopic (exact) mass is 234 g/mol. The SMILES string of the molecule is Cc1cccc(CN(CCC(=O)O)C2CC2)n1. The zero-order chi connectivity index (χ0) is 12.3. The molecule has 0 atom stereocenters. The smallest absolute Gasteiger partial charge is 0.304 e. The summed E-state index contributed by atoms with van der Waals surface area (Å²) in [6, 6.07) is 6.54. The lowest BCUT2D eigenvalue weighted by Crippen LogP contribution is -2.28. The summed E-state index contributed by atoms with van der Waals surface area (Å²) in [5.41, 5.74) is 2.04. The van der Waals surface area contributed by atoms with Gasteiger partial charge in [0.1, 0.15) is 0 Å². The first kappa shape index (κ1) is 12.0. The minimum absolute atomic E-state index is 0.211. The predicted octanol–water partition coefficient (Wildman–Crippen LogP) is 1.83. The van der Waals surface area contributed by atoms with Gasteiger partial charge in [0.05, 0.1) is 12.1 Å². The summed E-state index contributed by atoms with van der Waals surface area (Å²) in [6.45, 7) is 3.36. The lowest BCUT2D eigenvalue weighted by atomic mass is 10.2. The van der Waals surface area contributed by atoms with Crippen LogP contribution in [0.3, 0.4) is 0 Å². The molecule has 0 amide bonds. The van der Waals surface area contributed by atoms with Crippen LogP contribution >= 0.6 is 0 Å². The zero-order valence-corrected chi connectivity index (χ0v) is 10.1. The van der Waals surface area contributed by atoms with E-state index < -0.39 is 5.97 Å². The van der Waals surface area contributed by atoms with Gasteiger partial charge in [0.15, 0.2) is 0 Å². The highest BCUT2D eigenvalue weighted by molar-refractivity contribution is 5.66. The molecule has 0 aromatic carbocycles. The van der Waals surface area contributed by atoms with E-state index in [2.05, 4.69) is 9.88 Å². The fourth-order valence-corrected chi connectivity index (χ4v) is 1.97. The zero-order valence-electron chi connectivity index (χ0n) is 10.1. The summed E-state index contributed by atoms with van der Waals surface area (Å²) in [6.07, 6.45) is 2.58. The van der Waals surface area contributed by atoms with Crippen LogP contribution in [0.15, 0.2) is 18.2 Å². The van der Waals surface area contributed by atoms with Crippen LogP contribution in [-0.4, -0.2) is 33.5 Å². The van der Waals surface area contributed by atoms with Crippen LogP contribution in [0.2, 0.25) is 0 Å². The number of carboxylic acid groups (broad SMARTS) is 1. The molecule has 1 aromatic rings. The highest BCUT2D eigenvalue weighted by Gasteiger charge is 2.29. The van der Waals surface area contributed by atoms with Gasteiger partial charge in [0.25, 0.3) is 0 Å². The Kier molecular flexibility index (Phi) is 3.74. The number of nitrogens with zero attached hydrogens (tertiary/aromatic N) is 2. The van der Waals surface area contributed by atoms with Gasteiger partial charge in [-0.15, -0.1) is 0 Å². The molecule has 1 aromatic heterocycles. The minimum Gasteiger partial charge on any atom is -0.481 e. The standard InChI is InChI=1S/C13H18N2O2/c1-10-3-2-4-11(14-10)9-15(12-5-6-12)8-7-13(16)17/h2-4,12H,5-9H2,1H3,(H,16,17). The first-order chi connectivity index (χ1) is 8.15. The fourth-order valence-electron chi connectivity index (χ4n) is 1.97. The summed E-state index contributed by atoms with van der Waals surface area (Å²) in [7, 11) is 0. The van der Waals surface area contributed by atoms with Gasteiger partial charge in [-0.25, -0.2) is 0 Å². The highest BCUT2D eigenvalue weighted by Crippen LogP contribution is 2.28. The van der Waals surface area contributed by atoms with E-state index in [9.17, 15) is 4.79 Å². The topological polar surface area (TPSA) is 53.4 Å². The third kappa shape index (κ3) is 3.82. The Morgan fingerprint density at radius 1 is 1.53 bits per heavy atom. The Hall–Kier alpha value is -1.42. The molecular formula is C13H18N2O2. The molecular weight excluding hydrogens is 216 g/mol. The van der Waals surface area contributed by atoms with Crippen LogP contribution < -0.4 is 0 Å². The van der Waals surface area contributed by atoms with Crippen LogP contribution in [-0.2, 0) is 11.3 Å². The van der Waals surface area contributed by atoms with Crippen LogP contribution in [0.25, 0.3) is 0 Å². The summed E-state index contributed by atoms with van der Waals surface area (Å²) >= 11 is 0. The number of carbonyl (C=O) groups is 1. The maximum Gasteiger partial charge on any atom is 0.304 e. The molecule has 1 heterocycles. The second-order valence-electron chi connectivity index (χ2n) is 4.62. The van der Waals surface area contributed by atoms with Crippen LogP contribution in [0, 0.1) is 6.92 Å². The molecule has 1 N–H and O–H groups in total. The normalized spacial score (nSPS) is 15.2. The molecule has 4 nitrogen and oxygen atoms in total. The summed E-state index contributed by atoms with van der Waals surface area (Å²) in [5.74, 6) is -0.729. The van der Waals surface area contributed by atoms with Crippen molar-refractivity contribution in [3.8, 4) is 0 Å². The Morgan fingerprint density at radius 2 is 2.29 bits per heavy atom. The van der Waals surface area contributed by atoms with Crippen LogP contribution in [0.5, 0.6) is 0 Å². The number of hydrogen-bond donors (Lipinski definition) is 1. The van der Waals surface area contributed by atoms with Gasteiger partial charge in [0.2, 0.25) is 0 Å². The van der Waals surface area contributed by atoms with E-state index in [4.69, 9.17) is 5.11 Å². The molecule has 92 valence electrons. The maximum absolute atomic E-state index is 10.6. The van der Waals surface area contributed by atoms with E-state index in [1.54, 1.807) is 0 Å². The molecule has 0 radical (unpaired) electrons. The van der Waals surface area contributed by atoms with Crippen molar-refractivity contribution in [2.45, 2.75) is 38.8 Å². The Balaban J connectivity index is 1.95. The molecule has 0 unspecified atom stereocenters. The number of aromatic nitrogens is 1. The molecule has 1 fully saturated rings. The van der Waals surface area contributed by atoms with Crippen LogP contribution in [0.1, 0.15) is 30.7 Å². The fraction of sp³-hybridized carbons (Fsp3) is 0.538. The molecule has 1 aliphatic rings. The molecule has 4 heteroatoms. The van der Waals surface area contributed by atoms with Crippen molar-refractivity contribution in [3.05, 3.63) is 29.6 Å². The van der Waals surface area contributed by atoms with Crippen molar-refractivity contribution >= 4 is 5.97 Å². The van der Waals surface area contributed by atoms with Gasteiger partial charge in [-0.2, -0.15) is 0 Å². The molecule has 17 heavy (non-hydrogen) atoms. The van der Waals surface area contributed by atoms with E-state index in [1.165, 1.54) is 12.8 Å². The van der Waals surface area contributed by atoms with Gasteiger partial charge in [0, 0.05) is 24.8 Å². The van der Waals surface area contributed by atoms with E-state index in [0.717, 1.165) is 17.9 Å². The summed E-state index contributed by atoms with van der Waals surface area (Å²) in [5, 5.41) is 8.73. The number of aryl methyl sites for hydroxylation is 1. The Labute approximate surface area is 101 Å². The maximum atomic E-state index is 10.6. The third-order valence-corrected chi connectivity index (χ3v) is 2.99. The second kappa shape index (κ2) is 5.27. The molecule has 0 bridgehead atoms. The first-order valence-corrected chi connectivity index (χ1v) is 6.03. The van der Waals surface area contributed by atoms with Crippen molar-refractivity contribution in [3.63, 3.8) is 0 Å². The molecule has 1 saturated carbocycles. The van der Waals surface area contributed by atoms with E-state index in [-0.39, 0.29) is 6.42 Å². The average Bonchev–Trinajstić information content (AvgIpc) is 3.07. The lowest BCUT2D eigenvalue weighted by molar-refractivity contribution is -0.137. The minimum atomic E-state index is -0.729. The van der Waals surface area contributed by atoms with Crippen molar-refractivity contribution < 1.29 is 9.90 Å². The Morgan fingerprint density at radius 3 is 2.88 bits per heavy atom. The predicted molar refractivity (Wildman–Crippen MR) is 64.7 cm³/mol. The number of carboxylic acids is 1. The number of aliphatic carboxylic acids is 1. The van der Waals surface area contributed by atoms with Gasteiger partial charge in [-0.3, -0.25) is 14.7 Å². The van der Waals surface area contributed by atoms with Crippen molar-refractivity contribution in [2.75, 3.05) is 6.54 Å². The average molecular weight is 234 g/mol. The molecule has 1 aliphatic carbocycles. The Bertz CT molecular complexity index is 402. The van der Waals surface area contributed by atoms with Crippen molar-refractivity contribution in [1.29, 1.82) is 0 Å². The van der Waals surface area contributed by atoms with Gasteiger partial charge in [-0.1, -0.05) is 6.07 Å². The number of rotatable bonds is 6. The quantitative estimate of drug-likeness (QED) is 0.816. The lowest BCUT2D eigenvalue weighted by Gasteiger charge is -2.20. The molecule has 0 saturated heterocycles. The third-order valence-electron chi connectivity index (χ3n) is 2.99. The van der Waals surface area contributed by atoms with Gasteiger partial charge >= 0.3 is 5.97 Å². The molecule has 2 rings (SSSR count).